The highest BCUT2D eigenvalue weighted by Crippen LogP contribution is 2.38. The molecule has 1 aromatic rings. The highest BCUT2D eigenvalue weighted by Gasteiger charge is 2.31. The van der Waals surface area contributed by atoms with Gasteiger partial charge >= 0.3 is 5.51 Å². The molecule has 0 aliphatic carbocycles. The van der Waals surface area contributed by atoms with Crippen molar-refractivity contribution in [3.8, 4) is 0 Å². The molecule has 0 radical (unpaired) electrons. The van der Waals surface area contributed by atoms with Crippen molar-refractivity contribution < 1.29 is 18.0 Å². The molecule has 0 atom stereocenters. The predicted octanol–water partition coefficient (Wildman–Crippen LogP) is 3.85. The van der Waals surface area contributed by atoms with Gasteiger partial charge in [-0.05, 0) is 23.9 Å². The maximum Gasteiger partial charge on any atom is 0.446 e. The fourth-order valence-electron chi connectivity index (χ4n) is 1.19. The van der Waals surface area contributed by atoms with Crippen molar-refractivity contribution in [1.82, 2.24) is 4.98 Å². The lowest BCUT2D eigenvalue weighted by Crippen LogP contribution is -2.23. The van der Waals surface area contributed by atoms with Crippen molar-refractivity contribution in [2.45, 2.75) is 37.6 Å². The minimum absolute atomic E-state index is 0.0115. The zero-order valence-corrected chi connectivity index (χ0v) is 11.2. The van der Waals surface area contributed by atoms with Gasteiger partial charge in [0.2, 0.25) is 0 Å². The molecule has 0 saturated carbocycles. The van der Waals surface area contributed by atoms with Gasteiger partial charge in [0.05, 0.1) is 12.1 Å². The molecule has 0 aromatic carbocycles. The molecule has 0 amide bonds. The molecule has 0 unspecified atom stereocenters. The molecule has 0 spiro atoms. The number of alkyl halides is 3. The smallest absolute Gasteiger partial charge is 0.299 e. The third-order valence-corrected chi connectivity index (χ3v) is 3.06. The Morgan fingerprint density at radius 2 is 1.94 bits per heavy atom. The van der Waals surface area contributed by atoms with Gasteiger partial charge < -0.3 is 0 Å². The van der Waals surface area contributed by atoms with Gasteiger partial charge in [-0.2, -0.15) is 13.2 Å². The predicted molar refractivity (Wildman–Crippen MR) is 64.3 cm³/mol. The molecule has 1 heterocycles. The fourth-order valence-corrected chi connectivity index (χ4v) is 1.83. The summed E-state index contributed by atoms with van der Waals surface area (Å²) < 4.78 is 37.0. The summed E-state index contributed by atoms with van der Waals surface area (Å²) in [4.78, 5) is 15.7. The average molecular weight is 277 g/mol. The zero-order valence-electron chi connectivity index (χ0n) is 10.3. The van der Waals surface area contributed by atoms with Crippen LogP contribution in [0.1, 0.15) is 26.5 Å². The standard InChI is InChI=1S/C12H14F3NOS/c1-11(2,3)10(17)7-8-9(5-4-6-16-8)18-12(13,14)15/h4-6H,7H2,1-3H3. The van der Waals surface area contributed by atoms with Crippen LogP contribution in [-0.2, 0) is 11.2 Å². The first-order chi connectivity index (χ1) is 8.09. The summed E-state index contributed by atoms with van der Waals surface area (Å²) in [7, 11) is 0. The molecule has 2 nitrogen and oxygen atoms in total. The van der Waals surface area contributed by atoms with Crippen molar-refractivity contribution in [2.24, 2.45) is 5.41 Å². The Kier molecular flexibility index (Phi) is 4.42. The molecule has 0 fully saturated rings. The van der Waals surface area contributed by atoms with Crippen LogP contribution in [0.2, 0.25) is 0 Å². The van der Waals surface area contributed by atoms with Crippen molar-refractivity contribution in [3.05, 3.63) is 24.0 Å². The average Bonchev–Trinajstić information content (AvgIpc) is 2.17. The number of hydrogen-bond acceptors (Lipinski definition) is 3. The SMILES string of the molecule is CC(C)(C)C(=O)Cc1ncccc1SC(F)(F)F. The fraction of sp³-hybridized carbons (Fsp3) is 0.500. The van der Waals surface area contributed by atoms with Crippen LogP contribution in [0.5, 0.6) is 0 Å². The van der Waals surface area contributed by atoms with Crippen LogP contribution in [0.4, 0.5) is 13.2 Å². The second kappa shape index (κ2) is 5.30. The summed E-state index contributed by atoms with van der Waals surface area (Å²) in [5.74, 6) is -0.134. The molecule has 6 heteroatoms. The van der Waals surface area contributed by atoms with Crippen LogP contribution in [0.3, 0.4) is 0 Å². The van der Waals surface area contributed by atoms with Gasteiger partial charge in [0.25, 0.3) is 0 Å². The van der Waals surface area contributed by atoms with Gasteiger partial charge in [-0.1, -0.05) is 20.8 Å². The molecule has 0 N–H and O–H groups in total. The molecule has 0 aliphatic rings. The van der Waals surface area contributed by atoms with Crippen LogP contribution in [0, 0.1) is 5.41 Å². The Labute approximate surface area is 108 Å². The summed E-state index contributed by atoms with van der Waals surface area (Å²) in [5.41, 5.74) is -4.78. The van der Waals surface area contributed by atoms with Gasteiger partial charge in [-0.3, -0.25) is 9.78 Å². The third-order valence-electron chi connectivity index (χ3n) is 2.24. The van der Waals surface area contributed by atoms with E-state index < -0.39 is 10.9 Å². The summed E-state index contributed by atoms with van der Waals surface area (Å²) in [5, 5.41) is 0. The highest BCUT2D eigenvalue weighted by atomic mass is 32.2. The Balaban J connectivity index is 2.93. The lowest BCUT2D eigenvalue weighted by molar-refractivity contribution is -0.125. The van der Waals surface area contributed by atoms with Gasteiger partial charge in [-0.25, -0.2) is 0 Å². The lowest BCUT2D eigenvalue weighted by Gasteiger charge is -2.17. The van der Waals surface area contributed by atoms with E-state index in [2.05, 4.69) is 4.98 Å². The molecule has 18 heavy (non-hydrogen) atoms. The van der Waals surface area contributed by atoms with Gasteiger partial charge in [-0.15, -0.1) is 0 Å². The van der Waals surface area contributed by atoms with E-state index in [1.54, 1.807) is 20.8 Å². The number of nitrogens with zero attached hydrogens (tertiary/aromatic N) is 1. The third kappa shape index (κ3) is 4.68. The minimum atomic E-state index is -4.37. The van der Waals surface area contributed by atoms with Crippen molar-refractivity contribution in [2.75, 3.05) is 0 Å². The minimum Gasteiger partial charge on any atom is -0.299 e. The molecular formula is C12H14F3NOS. The first-order valence-electron chi connectivity index (χ1n) is 5.32. The summed E-state index contributed by atoms with van der Waals surface area (Å²) in [6, 6.07) is 2.76. The number of hydrogen-bond donors (Lipinski definition) is 0. The van der Waals surface area contributed by atoms with E-state index >= 15 is 0 Å². The normalized spacial score (nSPS) is 12.6. The summed E-state index contributed by atoms with van der Waals surface area (Å²) >= 11 is -0.235. The number of rotatable bonds is 3. The van der Waals surface area contributed by atoms with Crippen LogP contribution < -0.4 is 0 Å². The van der Waals surface area contributed by atoms with E-state index in [1.165, 1.54) is 18.3 Å². The second-order valence-corrected chi connectivity index (χ2v) is 5.95. The first kappa shape index (κ1) is 15.0. The molecular weight excluding hydrogens is 263 g/mol. The molecule has 1 rings (SSSR count). The van der Waals surface area contributed by atoms with E-state index in [4.69, 9.17) is 0 Å². The van der Waals surface area contributed by atoms with E-state index in [1.807, 2.05) is 0 Å². The quantitative estimate of drug-likeness (QED) is 0.786. The Bertz CT molecular complexity index is 438. The Morgan fingerprint density at radius 1 is 1.33 bits per heavy atom. The molecule has 0 aliphatic heterocycles. The number of ketones is 1. The summed E-state index contributed by atoms with van der Waals surface area (Å²) in [6.45, 7) is 5.19. The number of carbonyl (C=O) groups is 1. The number of carbonyl (C=O) groups excluding carboxylic acids is 1. The number of thioether (sulfide) groups is 1. The van der Waals surface area contributed by atoms with Gasteiger partial charge in [0.15, 0.2) is 0 Å². The van der Waals surface area contributed by atoms with E-state index in [9.17, 15) is 18.0 Å². The maximum atomic E-state index is 12.3. The Hall–Kier alpha value is -1.04. The number of pyridine rings is 1. The van der Waals surface area contributed by atoms with E-state index in [0.29, 0.717) is 0 Å². The lowest BCUT2D eigenvalue weighted by atomic mass is 9.88. The summed E-state index contributed by atoms with van der Waals surface area (Å²) in [6.07, 6.45) is 1.31. The van der Waals surface area contributed by atoms with Crippen LogP contribution in [0.25, 0.3) is 0 Å². The van der Waals surface area contributed by atoms with Gasteiger partial charge in [0.1, 0.15) is 5.78 Å². The number of halogens is 3. The first-order valence-corrected chi connectivity index (χ1v) is 6.14. The molecule has 0 saturated heterocycles. The molecule has 1 aromatic heterocycles. The van der Waals surface area contributed by atoms with Crippen molar-refractivity contribution >= 4 is 17.5 Å². The van der Waals surface area contributed by atoms with E-state index in [-0.39, 0.29) is 34.6 Å². The van der Waals surface area contributed by atoms with Crippen LogP contribution in [-0.4, -0.2) is 16.3 Å². The van der Waals surface area contributed by atoms with Crippen LogP contribution >= 0.6 is 11.8 Å². The van der Waals surface area contributed by atoms with E-state index in [0.717, 1.165) is 0 Å². The molecule has 0 bridgehead atoms. The monoisotopic (exact) mass is 277 g/mol. The topological polar surface area (TPSA) is 30.0 Å². The Morgan fingerprint density at radius 3 is 2.44 bits per heavy atom. The second-order valence-electron chi connectivity index (χ2n) is 4.85. The van der Waals surface area contributed by atoms with Crippen molar-refractivity contribution in [3.63, 3.8) is 0 Å². The highest BCUT2D eigenvalue weighted by molar-refractivity contribution is 8.00. The van der Waals surface area contributed by atoms with Crippen LogP contribution in [0.15, 0.2) is 23.2 Å². The zero-order chi connectivity index (χ0) is 14.0. The largest absolute Gasteiger partial charge is 0.446 e. The maximum absolute atomic E-state index is 12.3. The number of Topliss-reactive ketones (excluding diaryl/α,β-unsaturated/α-hetero) is 1. The van der Waals surface area contributed by atoms with Crippen molar-refractivity contribution in [1.29, 1.82) is 0 Å². The number of aromatic nitrogens is 1. The molecule has 100 valence electrons. The van der Waals surface area contributed by atoms with Gasteiger partial charge in [0, 0.05) is 16.5 Å².